The molecular formula is C15H24N2O3S. The lowest BCUT2D eigenvalue weighted by atomic mass is 10.1. The molecule has 0 spiro atoms. The number of hydrogen-bond donors (Lipinski definition) is 2. The fraction of sp³-hybridized carbons (Fsp3) is 0.533. The average Bonchev–Trinajstić information content (AvgIpc) is 2.44. The Balaban J connectivity index is 2.28. The monoisotopic (exact) mass is 312 g/mol. The van der Waals surface area contributed by atoms with Gasteiger partial charge in [-0.05, 0) is 24.3 Å². The van der Waals surface area contributed by atoms with Crippen LogP contribution in [-0.2, 0) is 21.2 Å². The van der Waals surface area contributed by atoms with Gasteiger partial charge < -0.3 is 5.32 Å². The van der Waals surface area contributed by atoms with Crippen LogP contribution in [0.2, 0.25) is 0 Å². The van der Waals surface area contributed by atoms with Gasteiger partial charge in [-0.25, -0.2) is 13.1 Å². The smallest absolute Gasteiger partial charge is 0.235 e. The molecule has 5 nitrogen and oxygen atoms in total. The minimum atomic E-state index is -3.43. The number of nitrogens with one attached hydrogen (secondary N) is 2. The summed E-state index contributed by atoms with van der Waals surface area (Å²) in [5.41, 5.74) is 0.962. The van der Waals surface area contributed by atoms with Crippen LogP contribution in [0, 0.1) is 5.92 Å². The third-order valence-corrected chi connectivity index (χ3v) is 4.32. The molecule has 0 unspecified atom stereocenters. The van der Waals surface area contributed by atoms with Crippen LogP contribution in [0.4, 0.5) is 0 Å². The van der Waals surface area contributed by atoms with Crippen molar-refractivity contribution in [1.82, 2.24) is 10.0 Å². The zero-order chi connectivity index (χ0) is 15.7. The zero-order valence-electron chi connectivity index (χ0n) is 12.6. The van der Waals surface area contributed by atoms with Gasteiger partial charge in [-0.3, -0.25) is 4.79 Å². The number of benzene rings is 1. The van der Waals surface area contributed by atoms with E-state index >= 15 is 0 Å². The van der Waals surface area contributed by atoms with Crippen molar-refractivity contribution < 1.29 is 13.2 Å². The molecule has 0 bridgehead atoms. The molecule has 0 fully saturated rings. The minimum absolute atomic E-state index is 0.0176. The summed E-state index contributed by atoms with van der Waals surface area (Å²) in [5.74, 6) is 0.197. The number of hydrogen-bond acceptors (Lipinski definition) is 3. The Morgan fingerprint density at radius 3 is 2.48 bits per heavy atom. The molecule has 0 saturated carbocycles. The van der Waals surface area contributed by atoms with Gasteiger partial charge in [0.25, 0.3) is 0 Å². The molecule has 2 N–H and O–H groups in total. The number of carbonyl (C=O) groups excluding carboxylic acids is 1. The summed E-state index contributed by atoms with van der Waals surface area (Å²) in [5, 5.41) is 2.69. The summed E-state index contributed by atoms with van der Waals surface area (Å²) < 4.78 is 25.9. The topological polar surface area (TPSA) is 75.3 Å². The van der Waals surface area contributed by atoms with Crippen molar-refractivity contribution in [3.8, 4) is 0 Å². The fourth-order valence-corrected chi connectivity index (χ4v) is 2.71. The Hall–Kier alpha value is -1.40. The van der Waals surface area contributed by atoms with E-state index in [0.717, 1.165) is 12.0 Å². The minimum Gasteiger partial charge on any atom is -0.355 e. The zero-order valence-corrected chi connectivity index (χ0v) is 13.4. The van der Waals surface area contributed by atoms with Crippen LogP contribution in [-0.4, -0.2) is 33.2 Å². The lowest BCUT2D eigenvalue weighted by Gasteiger charge is -2.09. The Morgan fingerprint density at radius 2 is 1.86 bits per heavy atom. The predicted octanol–water partition coefficient (Wildman–Crippen LogP) is 1.31. The van der Waals surface area contributed by atoms with E-state index in [0.29, 0.717) is 18.9 Å². The standard InChI is InChI=1S/C15H24N2O3S/c1-13(2)8-10-16-15(18)12-17-21(19,20)11-9-14-6-4-3-5-7-14/h3-7,13,17H,8-12H2,1-2H3,(H,16,18). The molecule has 118 valence electrons. The molecule has 1 aromatic carbocycles. The van der Waals surface area contributed by atoms with Crippen molar-refractivity contribution in [1.29, 1.82) is 0 Å². The first-order valence-corrected chi connectivity index (χ1v) is 8.82. The molecule has 0 saturated heterocycles. The summed E-state index contributed by atoms with van der Waals surface area (Å²) in [7, 11) is -3.43. The van der Waals surface area contributed by atoms with Crippen molar-refractivity contribution in [2.45, 2.75) is 26.7 Å². The van der Waals surface area contributed by atoms with Crippen molar-refractivity contribution in [3.05, 3.63) is 35.9 Å². The lowest BCUT2D eigenvalue weighted by molar-refractivity contribution is -0.119. The van der Waals surface area contributed by atoms with Gasteiger partial charge in [0.1, 0.15) is 0 Å². The Morgan fingerprint density at radius 1 is 1.19 bits per heavy atom. The molecule has 1 rings (SSSR count). The molecule has 0 heterocycles. The van der Waals surface area contributed by atoms with E-state index in [1.54, 1.807) is 0 Å². The van der Waals surface area contributed by atoms with Crippen LogP contribution in [0.15, 0.2) is 30.3 Å². The largest absolute Gasteiger partial charge is 0.355 e. The first-order chi connectivity index (χ1) is 9.89. The summed E-state index contributed by atoms with van der Waals surface area (Å²) in [6.45, 7) is 4.51. The van der Waals surface area contributed by atoms with Crippen molar-refractivity contribution in [2.75, 3.05) is 18.8 Å². The highest BCUT2D eigenvalue weighted by Gasteiger charge is 2.12. The van der Waals surface area contributed by atoms with E-state index < -0.39 is 10.0 Å². The second kappa shape index (κ2) is 8.79. The van der Waals surface area contributed by atoms with E-state index in [1.807, 2.05) is 30.3 Å². The quantitative estimate of drug-likeness (QED) is 0.722. The predicted molar refractivity (Wildman–Crippen MR) is 84.4 cm³/mol. The molecule has 1 aromatic rings. The number of amides is 1. The second-order valence-corrected chi connectivity index (χ2v) is 7.33. The van der Waals surface area contributed by atoms with Gasteiger partial charge in [0, 0.05) is 6.54 Å². The van der Waals surface area contributed by atoms with Gasteiger partial charge in [0.2, 0.25) is 15.9 Å². The molecule has 21 heavy (non-hydrogen) atoms. The Bertz CT molecular complexity index is 527. The molecule has 1 amide bonds. The van der Waals surface area contributed by atoms with Crippen LogP contribution in [0.5, 0.6) is 0 Å². The van der Waals surface area contributed by atoms with Crippen LogP contribution < -0.4 is 10.0 Å². The van der Waals surface area contributed by atoms with E-state index in [1.165, 1.54) is 0 Å². The van der Waals surface area contributed by atoms with Gasteiger partial charge in [0.05, 0.1) is 12.3 Å². The Labute approximate surface area is 127 Å². The van der Waals surface area contributed by atoms with Crippen LogP contribution in [0.1, 0.15) is 25.8 Å². The maximum Gasteiger partial charge on any atom is 0.235 e. The highest BCUT2D eigenvalue weighted by Crippen LogP contribution is 2.01. The molecule has 0 radical (unpaired) electrons. The highest BCUT2D eigenvalue weighted by atomic mass is 32.2. The van der Waals surface area contributed by atoms with Crippen molar-refractivity contribution >= 4 is 15.9 Å². The number of rotatable bonds is 9. The van der Waals surface area contributed by atoms with E-state index in [4.69, 9.17) is 0 Å². The van der Waals surface area contributed by atoms with E-state index in [2.05, 4.69) is 23.9 Å². The SMILES string of the molecule is CC(C)CCNC(=O)CNS(=O)(=O)CCc1ccccc1. The number of sulfonamides is 1. The molecule has 0 aliphatic carbocycles. The van der Waals surface area contributed by atoms with Crippen molar-refractivity contribution in [2.24, 2.45) is 5.92 Å². The highest BCUT2D eigenvalue weighted by molar-refractivity contribution is 7.89. The van der Waals surface area contributed by atoms with Gasteiger partial charge in [-0.1, -0.05) is 44.2 Å². The second-order valence-electron chi connectivity index (χ2n) is 5.41. The maximum atomic E-state index is 11.8. The number of carbonyl (C=O) groups is 1. The maximum absolute atomic E-state index is 11.8. The molecule has 0 aliphatic rings. The summed E-state index contributed by atoms with van der Waals surface area (Å²) in [6.07, 6.45) is 1.32. The fourth-order valence-electron chi connectivity index (χ4n) is 1.71. The van der Waals surface area contributed by atoms with Gasteiger partial charge in [-0.2, -0.15) is 0 Å². The van der Waals surface area contributed by atoms with Crippen molar-refractivity contribution in [3.63, 3.8) is 0 Å². The third kappa shape index (κ3) is 8.47. The third-order valence-electron chi connectivity index (χ3n) is 3.00. The average molecular weight is 312 g/mol. The van der Waals surface area contributed by atoms with E-state index in [9.17, 15) is 13.2 Å². The molecular weight excluding hydrogens is 288 g/mol. The van der Waals surface area contributed by atoms with Crippen LogP contribution in [0.25, 0.3) is 0 Å². The molecule has 0 atom stereocenters. The first-order valence-electron chi connectivity index (χ1n) is 7.17. The van der Waals surface area contributed by atoms with Gasteiger partial charge in [0.15, 0.2) is 0 Å². The van der Waals surface area contributed by atoms with Gasteiger partial charge >= 0.3 is 0 Å². The Kier molecular flexibility index (Phi) is 7.39. The van der Waals surface area contributed by atoms with Crippen LogP contribution >= 0.6 is 0 Å². The summed E-state index contributed by atoms with van der Waals surface area (Å²) in [6, 6.07) is 9.40. The summed E-state index contributed by atoms with van der Waals surface area (Å²) >= 11 is 0. The summed E-state index contributed by atoms with van der Waals surface area (Å²) in [4.78, 5) is 11.5. The first kappa shape index (κ1) is 17.7. The molecule has 6 heteroatoms. The van der Waals surface area contributed by atoms with E-state index in [-0.39, 0.29) is 18.2 Å². The number of aryl methyl sites for hydroxylation is 1. The lowest BCUT2D eigenvalue weighted by Crippen LogP contribution is -2.38. The van der Waals surface area contributed by atoms with Crippen LogP contribution in [0.3, 0.4) is 0 Å². The van der Waals surface area contributed by atoms with Gasteiger partial charge in [-0.15, -0.1) is 0 Å². The normalized spacial score (nSPS) is 11.6. The molecule has 0 aliphatic heterocycles. The molecule has 0 aromatic heterocycles.